The number of hydrazone groups is 1. The predicted octanol–water partition coefficient (Wildman–Crippen LogP) is 1.48. The fourth-order valence-electron chi connectivity index (χ4n) is 3.88. The number of benzene rings is 1. The molecule has 0 saturated heterocycles. The van der Waals surface area contributed by atoms with E-state index in [-0.39, 0.29) is 23.7 Å². The highest BCUT2D eigenvalue weighted by Gasteiger charge is 2.46. The molecule has 5 N–H and O–H groups in total. The molecule has 1 unspecified atom stereocenters. The second-order valence-electron chi connectivity index (χ2n) is 7.93. The van der Waals surface area contributed by atoms with Gasteiger partial charge >= 0.3 is 5.97 Å². The Hall–Kier alpha value is -2.87. The molecule has 27 heavy (non-hydrogen) atoms. The lowest BCUT2D eigenvalue weighted by Gasteiger charge is -2.47. The Morgan fingerprint density at radius 1 is 1.30 bits per heavy atom. The predicted molar refractivity (Wildman–Crippen MR) is 101 cm³/mol. The third kappa shape index (κ3) is 3.40. The van der Waals surface area contributed by atoms with Gasteiger partial charge in [0.15, 0.2) is 5.78 Å². The van der Waals surface area contributed by atoms with Crippen LogP contribution in [0.25, 0.3) is 0 Å². The van der Waals surface area contributed by atoms with Gasteiger partial charge in [0, 0.05) is 17.7 Å². The number of carbonyl (C=O) groups excluding carboxylic acids is 1. The van der Waals surface area contributed by atoms with Crippen molar-refractivity contribution in [3.8, 4) is 0 Å². The van der Waals surface area contributed by atoms with Crippen molar-refractivity contribution in [2.75, 3.05) is 6.54 Å². The van der Waals surface area contributed by atoms with Gasteiger partial charge in [-0.3, -0.25) is 14.6 Å². The Morgan fingerprint density at radius 2 is 1.93 bits per heavy atom. The summed E-state index contributed by atoms with van der Waals surface area (Å²) in [5.41, 5.74) is 2.79. The van der Waals surface area contributed by atoms with Gasteiger partial charge in [-0.25, -0.2) is 5.84 Å². The molecule has 0 amide bonds. The summed E-state index contributed by atoms with van der Waals surface area (Å²) in [6, 6.07) is 7.17. The number of allylic oxidation sites excluding steroid dienone is 1. The Labute approximate surface area is 158 Å². The third-order valence-corrected chi connectivity index (χ3v) is 5.05. The number of carbonyl (C=O) groups is 2. The number of ketones is 1. The minimum absolute atomic E-state index is 0.0336. The van der Waals surface area contributed by atoms with Crippen LogP contribution in [0, 0.1) is 12.3 Å². The quantitative estimate of drug-likeness (QED) is 0.543. The molecule has 0 bridgehead atoms. The van der Waals surface area contributed by atoms with Gasteiger partial charge in [0.2, 0.25) is 5.96 Å². The summed E-state index contributed by atoms with van der Waals surface area (Å²) in [7, 11) is 0. The number of aliphatic carboxylic acids is 1. The van der Waals surface area contributed by atoms with Crippen LogP contribution >= 0.6 is 0 Å². The molecular formula is C19H25N5O3. The number of Topliss-reactive ketones (excluding diaryl/α,β-unsaturated/α-hetero) is 1. The number of nitrogens with two attached hydrogens (primary N) is 2. The first-order valence-electron chi connectivity index (χ1n) is 8.78. The number of nitrogens with zero attached hydrogens (tertiary/aromatic N) is 3. The molecule has 2 aliphatic rings. The average molecular weight is 371 g/mol. The number of rotatable bonds is 3. The molecule has 0 aromatic heterocycles. The minimum Gasteiger partial charge on any atom is -0.480 e. The molecule has 8 heteroatoms. The Balaban J connectivity index is 2.23. The molecular weight excluding hydrogens is 346 g/mol. The third-order valence-electron chi connectivity index (χ3n) is 5.05. The van der Waals surface area contributed by atoms with E-state index in [2.05, 4.69) is 5.10 Å². The Kier molecular flexibility index (Phi) is 4.69. The Bertz CT molecular complexity index is 841. The molecule has 1 aliphatic heterocycles. The largest absolute Gasteiger partial charge is 0.480 e. The zero-order valence-corrected chi connectivity index (χ0v) is 15.8. The van der Waals surface area contributed by atoms with Crippen LogP contribution in [0.15, 0.2) is 40.6 Å². The number of guanidine groups is 1. The molecule has 1 aliphatic carbocycles. The summed E-state index contributed by atoms with van der Waals surface area (Å²) in [5, 5.41) is 14.4. The second kappa shape index (κ2) is 6.70. The van der Waals surface area contributed by atoms with Crippen molar-refractivity contribution in [2.24, 2.45) is 22.2 Å². The van der Waals surface area contributed by atoms with E-state index in [0.29, 0.717) is 24.1 Å². The molecule has 1 atom stereocenters. The summed E-state index contributed by atoms with van der Waals surface area (Å²) in [5.74, 6) is 10.9. The number of hydrogen-bond acceptors (Lipinski definition) is 5. The fraction of sp³-hybridized carbons (Fsp3) is 0.421. The summed E-state index contributed by atoms with van der Waals surface area (Å²) in [4.78, 5) is 26.0. The van der Waals surface area contributed by atoms with Gasteiger partial charge in [-0.05, 0) is 24.3 Å². The fourth-order valence-corrected chi connectivity index (χ4v) is 3.88. The monoisotopic (exact) mass is 371 g/mol. The van der Waals surface area contributed by atoms with E-state index in [9.17, 15) is 14.7 Å². The highest BCUT2D eigenvalue weighted by Crippen LogP contribution is 2.46. The maximum atomic E-state index is 13.1. The van der Waals surface area contributed by atoms with Crippen LogP contribution in [0.5, 0.6) is 0 Å². The van der Waals surface area contributed by atoms with Crippen LogP contribution in [-0.2, 0) is 9.59 Å². The van der Waals surface area contributed by atoms with Crippen molar-refractivity contribution in [2.45, 2.75) is 39.7 Å². The van der Waals surface area contributed by atoms with Crippen molar-refractivity contribution in [3.63, 3.8) is 0 Å². The molecule has 1 aromatic rings. The first-order chi connectivity index (χ1) is 12.6. The van der Waals surface area contributed by atoms with Crippen molar-refractivity contribution < 1.29 is 14.7 Å². The number of hydrazine groups is 1. The number of carboxylic acid groups (broad SMARTS) is 1. The molecule has 1 aromatic carbocycles. The summed E-state index contributed by atoms with van der Waals surface area (Å²) >= 11 is 0. The lowest BCUT2D eigenvalue weighted by atomic mass is 9.72. The Morgan fingerprint density at radius 3 is 2.48 bits per heavy atom. The summed E-state index contributed by atoms with van der Waals surface area (Å²) in [6.45, 7) is 5.59. The molecule has 0 saturated carbocycles. The van der Waals surface area contributed by atoms with Gasteiger partial charge in [0.25, 0.3) is 0 Å². The minimum atomic E-state index is -1.05. The number of hydrogen-bond donors (Lipinski definition) is 3. The van der Waals surface area contributed by atoms with E-state index in [1.807, 2.05) is 45.0 Å². The van der Waals surface area contributed by atoms with E-state index in [1.54, 1.807) is 0 Å². The molecule has 144 valence electrons. The van der Waals surface area contributed by atoms with Gasteiger partial charge in [0.05, 0.1) is 0 Å². The highest BCUT2D eigenvalue weighted by atomic mass is 16.4. The molecule has 0 radical (unpaired) electrons. The topological polar surface area (TPSA) is 125 Å². The van der Waals surface area contributed by atoms with Crippen molar-refractivity contribution in [1.29, 1.82) is 0 Å². The van der Waals surface area contributed by atoms with E-state index in [4.69, 9.17) is 11.7 Å². The van der Waals surface area contributed by atoms with Crippen LogP contribution < -0.4 is 11.7 Å². The van der Waals surface area contributed by atoms with E-state index in [0.717, 1.165) is 11.1 Å². The standard InChI is InChI=1S/C19H25N5O3/c1-11-4-6-12(7-5-11)17-16-13(8-19(2,3)9-14(16)25)23(10-15(26)27)18(22-20)24(17)21/h4-7,17H,8-10,20-21H2,1-3H3,(H,26,27)/b22-18-. The second-order valence-corrected chi connectivity index (χ2v) is 7.93. The van der Waals surface area contributed by atoms with Gasteiger partial charge in [-0.15, -0.1) is 5.10 Å². The lowest BCUT2D eigenvalue weighted by Crippen LogP contribution is -2.57. The lowest BCUT2D eigenvalue weighted by molar-refractivity contribution is -0.137. The van der Waals surface area contributed by atoms with Gasteiger partial charge in [0.1, 0.15) is 12.6 Å². The van der Waals surface area contributed by atoms with Crippen molar-refractivity contribution in [1.82, 2.24) is 9.91 Å². The van der Waals surface area contributed by atoms with Crippen LogP contribution in [0.1, 0.15) is 43.9 Å². The van der Waals surface area contributed by atoms with Crippen LogP contribution in [-0.4, -0.2) is 39.3 Å². The van der Waals surface area contributed by atoms with Crippen molar-refractivity contribution in [3.05, 3.63) is 46.7 Å². The summed E-state index contributed by atoms with van der Waals surface area (Å²) < 4.78 is 0. The van der Waals surface area contributed by atoms with E-state index < -0.39 is 12.0 Å². The van der Waals surface area contributed by atoms with E-state index in [1.165, 1.54) is 9.91 Å². The van der Waals surface area contributed by atoms with Crippen LogP contribution in [0.4, 0.5) is 0 Å². The first kappa shape index (κ1) is 18.9. The number of carboxylic acids is 1. The van der Waals surface area contributed by atoms with E-state index >= 15 is 0 Å². The van der Waals surface area contributed by atoms with Gasteiger partial charge in [-0.1, -0.05) is 43.7 Å². The average Bonchev–Trinajstić information content (AvgIpc) is 2.56. The molecule has 3 rings (SSSR count). The van der Waals surface area contributed by atoms with Gasteiger partial charge in [-0.2, -0.15) is 0 Å². The zero-order valence-electron chi connectivity index (χ0n) is 15.8. The van der Waals surface area contributed by atoms with Crippen LogP contribution in [0.2, 0.25) is 0 Å². The molecule has 8 nitrogen and oxygen atoms in total. The first-order valence-corrected chi connectivity index (χ1v) is 8.78. The van der Waals surface area contributed by atoms with Crippen LogP contribution in [0.3, 0.4) is 0 Å². The summed E-state index contributed by atoms with van der Waals surface area (Å²) in [6.07, 6.45) is 0.911. The van der Waals surface area contributed by atoms with Crippen molar-refractivity contribution >= 4 is 17.7 Å². The number of aryl methyl sites for hydroxylation is 1. The maximum absolute atomic E-state index is 13.1. The maximum Gasteiger partial charge on any atom is 0.323 e. The normalized spacial score (nSPS) is 23.6. The highest BCUT2D eigenvalue weighted by molar-refractivity contribution is 6.02. The SMILES string of the molecule is Cc1ccc(C2C3=C(CC(C)(C)CC3=O)N(CC(=O)O)/C(=N/N)N2N)cc1. The van der Waals surface area contributed by atoms with Gasteiger partial charge < -0.3 is 15.8 Å². The zero-order chi connectivity index (χ0) is 19.9. The molecule has 1 heterocycles. The molecule has 0 fully saturated rings. The molecule has 0 spiro atoms. The smallest absolute Gasteiger partial charge is 0.323 e.